The van der Waals surface area contributed by atoms with Crippen LogP contribution in [0.2, 0.25) is 39.3 Å². The van der Waals surface area contributed by atoms with E-state index >= 15 is 0 Å². The van der Waals surface area contributed by atoms with Crippen LogP contribution in [0.5, 0.6) is 0 Å². The average molecular weight is 450 g/mol. The maximum atomic E-state index is 7.34. The number of hydrogen-bond acceptors (Lipinski definition) is 1. The summed E-state index contributed by atoms with van der Waals surface area (Å²) < 4.78 is 7.34. The summed E-state index contributed by atoms with van der Waals surface area (Å²) in [5, 5.41) is 4.54. The quantitative estimate of drug-likeness (QED) is 0.483. The van der Waals surface area contributed by atoms with Crippen molar-refractivity contribution in [2.75, 3.05) is 0 Å². The summed E-state index contributed by atoms with van der Waals surface area (Å²) in [7, 11) is -6.86. The topological polar surface area (TPSA) is 9.23 Å². The molecule has 0 aliphatic carbocycles. The molecule has 0 amide bonds. The molecule has 29 heavy (non-hydrogen) atoms. The lowest BCUT2D eigenvalue weighted by molar-refractivity contribution is 0.577. The Balaban J connectivity index is 2.29. The maximum Gasteiger partial charge on any atom is 0.170 e. The lowest BCUT2D eigenvalue weighted by Gasteiger charge is -2.58. The van der Waals surface area contributed by atoms with Gasteiger partial charge in [0.2, 0.25) is 0 Å². The van der Waals surface area contributed by atoms with Gasteiger partial charge in [-0.25, -0.2) is 5.19 Å². The summed E-state index contributed by atoms with van der Waals surface area (Å²) in [6.45, 7) is 14.8. The molecule has 0 aromatic heterocycles. The zero-order valence-corrected chi connectivity index (χ0v) is 22.6. The monoisotopic (exact) mass is 449 g/mol. The molecular formula is C24H33OSi4-. The molecule has 0 spiro atoms. The lowest BCUT2D eigenvalue weighted by atomic mass is 10.4. The molecule has 0 aliphatic heterocycles. The predicted molar refractivity (Wildman–Crippen MR) is 138 cm³/mol. The normalized spacial score (nSPS) is 15.9. The number of hydrogen-bond donors (Lipinski definition) is 0. The van der Waals surface area contributed by atoms with Crippen molar-refractivity contribution in [3.63, 3.8) is 0 Å². The average Bonchev–Trinajstić information content (AvgIpc) is 2.73. The summed E-state index contributed by atoms with van der Waals surface area (Å²) in [5.41, 5.74) is 0. The van der Waals surface area contributed by atoms with E-state index in [0.29, 0.717) is 0 Å². The Morgan fingerprint density at radius 3 is 1.45 bits per heavy atom. The second-order valence-corrected chi connectivity index (χ2v) is 34.0. The van der Waals surface area contributed by atoms with Gasteiger partial charge < -0.3 is 4.12 Å². The number of rotatable bonds is 7. The van der Waals surface area contributed by atoms with E-state index in [1.807, 2.05) is 0 Å². The third-order valence-electron chi connectivity index (χ3n) is 6.10. The molecule has 3 aromatic rings. The van der Waals surface area contributed by atoms with E-state index in [-0.39, 0.29) is 0 Å². The highest BCUT2D eigenvalue weighted by Crippen LogP contribution is 2.27. The number of benzene rings is 3. The van der Waals surface area contributed by atoms with Gasteiger partial charge in [-0.05, 0) is 38.5 Å². The van der Waals surface area contributed by atoms with Crippen LogP contribution < -0.4 is 15.6 Å². The van der Waals surface area contributed by atoms with Gasteiger partial charge >= 0.3 is 0 Å². The third kappa shape index (κ3) is 4.49. The molecule has 0 saturated carbocycles. The molecule has 0 fully saturated rings. The van der Waals surface area contributed by atoms with E-state index in [4.69, 9.17) is 4.12 Å². The Morgan fingerprint density at radius 2 is 1.00 bits per heavy atom. The van der Waals surface area contributed by atoms with Crippen molar-refractivity contribution in [2.45, 2.75) is 39.3 Å². The van der Waals surface area contributed by atoms with Gasteiger partial charge in [0.15, 0.2) is 16.2 Å². The van der Waals surface area contributed by atoms with Crippen molar-refractivity contribution in [3.05, 3.63) is 91.0 Å². The first-order chi connectivity index (χ1) is 13.7. The third-order valence-corrected chi connectivity index (χ3v) is 40.0. The maximum absolute atomic E-state index is 7.34. The largest absolute Gasteiger partial charge is 0.456 e. The second kappa shape index (κ2) is 8.69. The molecule has 0 heterocycles. The molecule has 0 saturated heterocycles. The van der Waals surface area contributed by atoms with Crippen LogP contribution in [0.25, 0.3) is 0 Å². The first-order valence-corrected chi connectivity index (χ1v) is 22.7. The van der Waals surface area contributed by atoms with Crippen LogP contribution in [0.4, 0.5) is 0 Å². The molecule has 0 bridgehead atoms. The van der Waals surface area contributed by atoms with Crippen molar-refractivity contribution < 1.29 is 4.12 Å². The summed E-state index contributed by atoms with van der Waals surface area (Å²) in [6, 6.07) is 33.7. The second-order valence-electron chi connectivity index (χ2n) is 9.10. The van der Waals surface area contributed by atoms with Crippen molar-refractivity contribution in [1.29, 1.82) is 0 Å². The SMILES string of the molecule is C[Si-](c1ccccc1)[Si](C)(c1ccccc1)[Si](C)(O[Si](C)(C)C)c1ccccc1. The molecule has 0 aliphatic rings. The van der Waals surface area contributed by atoms with Gasteiger partial charge in [0.05, 0.1) is 0 Å². The Bertz CT molecular complexity index is 912. The van der Waals surface area contributed by atoms with Gasteiger partial charge in [-0.1, -0.05) is 103 Å². The summed E-state index contributed by atoms with van der Waals surface area (Å²) in [6.07, 6.45) is 0. The Kier molecular flexibility index (Phi) is 6.65. The van der Waals surface area contributed by atoms with E-state index in [1.54, 1.807) is 5.19 Å². The summed E-state index contributed by atoms with van der Waals surface area (Å²) in [5.74, 6) is 0. The first-order valence-electron chi connectivity index (χ1n) is 10.4. The van der Waals surface area contributed by atoms with Gasteiger partial charge in [-0.3, -0.25) is 8.31 Å². The highest BCUT2D eigenvalue weighted by atomic mass is 29.6. The molecule has 0 N–H and O–H groups in total. The standard InChI is InChI=1S/C24H33OSi4/c1-26(22-16-10-7-11-17-22)29(6,24-20-14-9-15-21-24)28(5,25-27(2,3)4)23-18-12-8-13-19-23/h7-21H,1-6H3/q-1. The van der Waals surface area contributed by atoms with Crippen LogP contribution in [0.1, 0.15) is 0 Å². The fourth-order valence-corrected chi connectivity index (χ4v) is 41.4. The molecular weight excluding hydrogens is 417 g/mol. The highest BCUT2D eigenvalue weighted by Gasteiger charge is 2.50. The molecule has 2 unspecified atom stereocenters. The van der Waals surface area contributed by atoms with Crippen molar-refractivity contribution >= 4 is 47.1 Å². The van der Waals surface area contributed by atoms with Crippen LogP contribution in [0.3, 0.4) is 0 Å². The predicted octanol–water partition coefficient (Wildman–Crippen LogP) is 4.49. The van der Waals surface area contributed by atoms with E-state index in [2.05, 4.69) is 130 Å². The smallest absolute Gasteiger partial charge is 0.170 e. The van der Waals surface area contributed by atoms with Gasteiger partial charge in [-0.15, -0.1) is 0 Å². The van der Waals surface area contributed by atoms with Gasteiger partial charge in [-0.2, -0.15) is 6.55 Å². The van der Waals surface area contributed by atoms with Crippen LogP contribution in [-0.2, 0) is 4.12 Å². The molecule has 1 nitrogen and oxygen atoms in total. The fraction of sp³-hybridized carbons (Fsp3) is 0.250. The van der Waals surface area contributed by atoms with E-state index in [0.717, 1.165) is 0 Å². The van der Waals surface area contributed by atoms with Crippen LogP contribution >= 0.6 is 0 Å². The molecule has 5 heteroatoms. The van der Waals surface area contributed by atoms with Crippen molar-refractivity contribution in [2.24, 2.45) is 0 Å². The van der Waals surface area contributed by atoms with E-state index < -0.39 is 31.6 Å². The van der Waals surface area contributed by atoms with E-state index in [1.165, 1.54) is 10.4 Å². The van der Waals surface area contributed by atoms with Crippen molar-refractivity contribution in [3.8, 4) is 0 Å². The molecule has 3 rings (SSSR count). The van der Waals surface area contributed by atoms with E-state index in [9.17, 15) is 0 Å². The minimum absolute atomic E-state index is 0.834. The Labute approximate surface area is 181 Å². The van der Waals surface area contributed by atoms with Gasteiger partial charge in [0.1, 0.15) is 0 Å². The zero-order chi connectivity index (χ0) is 21.1. The van der Waals surface area contributed by atoms with Crippen LogP contribution in [-0.4, -0.2) is 31.6 Å². The summed E-state index contributed by atoms with van der Waals surface area (Å²) in [4.78, 5) is 0. The lowest BCUT2D eigenvalue weighted by Crippen LogP contribution is -2.83. The Hall–Kier alpha value is -1.51. The highest BCUT2D eigenvalue weighted by molar-refractivity contribution is 7.72. The van der Waals surface area contributed by atoms with Crippen molar-refractivity contribution in [1.82, 2.24) is 0 Å². The van der Waals surface area contributed by atoms with Crippen LogP contribution in [0, 0.1) is 0 Å². The fourth-order valence-electron chi connectivity index (χ4n) is 4.42. The minimum atomic E-state index is -2.26. The zero-order valence-electron chi connectivity index (χ0n) is 18.6. The van der Waals surface area contributed by atoms with Gasteiger partial charge in [0, 0.05) is 0 Å². The summed E-state index contributed by atoms with van der Waals surface area (Å²) >= 11 is 0. The first kappa shape index (κ1) is 22.2. The molecule has 3 aromatic carbocycles. The molecule has 0 radical (unpaired) electrons. The Morgan fingerprint density at radius 1 is 0.586 bits per heavy atom. The molecule has 2 atom stereocenters. The molecule has 152 valence electrons. The minimum Gasteiger partial charge on any atom is -0.456 e. The van der Waals surface area contributed by atoms with Gasteiger partial charge in [0.25, 0.3) is 0 Å². The van der Waals surface area contributed by atoms with Crippen LogP contribution in [0.15, 0.2) is 91.0 Å².